The first-order valence-electron chi connectivity index (χ1n) is 7.97. The molecule has 0 N–H and O–H groups in total. The molecule has 23 heavy (non-hydrogen) atoms. The van der Waals surface area contributed by atoms with E-state index in [2.05, 4.69) is 0 Å². The monoisotopic (exact) mass is 317 g/mol. The Hall–Kier alpha value is -2.21. The highest BCUT2D eigenvalue weighted by Gasteiger charge is 2.40. The van der Waals surface area contributed by atoms with Crippen LogP contribution in [-0.2, 0) is 14.4 Å². The minimum absolute atomic E-state index is 0.0506. The van der Waals surface area contributed by atoms with Crippen LogP contribution in [0.1, 0.15) is 59.7 Å². The summed E-state index contributed by atoms with van der Waals surface area (Å²) in [6.07, 6.45) is 3.76. The molecule has 0 saturated heterocycles. The third-order valence-electron chi connectivity index (χ3n) is 4.23. The van der Waals surface area contributed by atoms with E-state index in [1.165, 1.54) is 12.1 Å². The summed E-state index contributed by atoms with van der Waals surface area (Å²) in [5.74, 6) is -1.93. The van der Waals surface area contributed by atoms with Crippen LogP contribution < -0.4 is 0 Å². The molecule has 1 aromatic rings. The summed E-state index contributed by atoms with van der Waals surface area (Å²) in [4.78, 5) is 41.7. The Morgan fingerprint density at radius 3 is 2.26 bits per heavy atom. The number of hydrogen-bond acceptors (Lipinski definition) is 5. The molecule has 1 saturated carbocycles. The molecule has 122 valence electrons. The number of carbonyl (C=O) groups is 3. The predicted molar refractivity (Wildman–Crippen MR) is 80.5 cm³/mol. The molecule has 0 spiro atoms. The number of fused-ring (bicyclic) bond motifs is 1. The van der Waals surface area contributed by atoms with Gasteiger partial charge in [0.05, 0.1) is 17.2 Å². The highest BCUT2D eigenvalue weighted by Crippen LogP contribution is 2.25. The van der Waals surface area contributed by atoms with Crippen LogP contribution in [0.15, 0.2) is 24.3 Å². The van der Waals surface area contributed by atoms with Crippen LogP contribution in [-0.4, -0.2) is 35.1 Å². The SMILES string of the molecule is CCC(OC1CCCC1)C(=O)ON1C(=O)c2ccccc2C1=O. The Bertz CT molecular complexity index is 601. The van der Waals surface area contributed by atoms with Crippen LogP contribution in [0.4, 0.5) is 0 Å². The zero-order valence-electron chi connectivity index (χ0n) is 13.0. The van der Waals surface area contributed by atoms with Crippen molar-refractivity contribution in [2.75, 3.05) is 0 Å². The van der Waals surface area contributed by atoms with Crippen LogP contribution in [0.2, 0.25) is 0 Å². The minimum Gasteiger partial charge on any atom is -0.363 e. The number of rotatable bonds is 5. The lowest BCUT2D eigenvalue weighted by Gasteiger charge is -2.21. The summed E-state index contributed by atoms with van der Waals surface area (Å²) in [5, 5.41) is 0.535. The number of amides is 2. The lowest BCUT2D eigenvalue weighted by molar-refractivity contribution is -0.185. The fraction of sp³-hybridized carbons (Fsp3) is 0.471. The molecule has 1 fully saturated rings. The van der Waals surface area contributed by atoms with Crippen molar-refractivity contribution in [3.8, 4) is 0 Å². The van der Waals surface area contributed by atoms with Crippen molar-refractivity contribution in [1.29, 1.82) is 0 Å². The van der Waals surface area contributed by atoms with Gasteiger partial charge in [0, 0.05) is 0 Å². The molecule has 0 bridgehead atoms. The van der Waals surface area contributed by atoms with E-state index in [0.29, 0.717) is 11.5 Å². The van der Waals surface area contributed by atoms with Gasteiger partial charge in [-0.25, -0.2) is 4.79 Å². The van der Waals surface area contributed by atoms with Crippen molar-refractivity contribution in [3.05, 3.63) is 35.4 Å². The molecule has 1 aromatic carbocycles. The number of benzene rings is 1. The normalized spacial score (nSPS) is 19.1. The van der Waals surface area contributed by atoms with E-state index in [0.717, 1.165) is 25.7 Å². The van der Waals surface area contributed by atoms with Crippen molar-refractivity contribution in [3.63, 3.8) is 0 Å². The maximum atomic E-state index is 12.3. The molecule has 3 rings (SSSR count). The predicted octanol–water partition coefficient (Wildman–Crippen LogP) is 2.48. The van der Waals surface area contributed by atoms with Crippen molar-refractivity contribution in [2.45, 2.75) is 51.2 Å². The highest BCUT2D eigenvalue weighted by molar-refractivity contribution is 6.20. The third-order valence-corrected chi connectivity index (χ3v) is 4.23. The Kier molecular flexibility index (Phi) is 4.43. The van der Waals surface area contributed by atoms with Gasteiger partial charge < -0.3 is 9.57 Å². The minimum atomic E-state index is -0.762. The molecule has 0 radical (unpaired) electrons. The molecular weight excluding hydrogens is 298 g/mol. The summed E-state index contributed by atoms with van der Waals surface area (Å²) >= 11 is 0. The van der Waals surface area contributed by atoms with Gasteiger partial charge in [0.25, 0.3) is 11.8 Å². The zero-order valence-corrected chi connectivity index (χ0v) is 13.0. The summed E-state index contributed by atoms with van der Waals surface area (Å²) < 4.78 is 5.76. The number of nitrogens with zero attached hydrogens (tertiary/aromatic N) is 1. The summed E-state index contributed by atoms with van der Waals surface area (Å²) in [5.41, 5.74) is 0.491. The molecule has 1 atom stereocenters. The number of hydrogen-bond donors (Lipinski definition) is 0. The van der Waals surface area contributed by atoms with E-state index < -0.39 is 23.9 Å². The van der Waals surface area contributed by atoms with E-state index in [1.54, 1.807) is 12.1 Å². The molecule has 1 aliphatic carbocycles. The van der Waals surface area contributed by atoms with Gasteiger partial charge in [-0.3, -0.25) is 9.59 Å². The van der Waals surface area contributed by atoms with Crippen molar-refractivity contribution in [1.82, 2.24) is 5.06 Å². The van der Waals surface area contributed by atoms with Gasteiger partial charge in [0.15, 0.2) is 6.10 Å². The van der Waals surface area contributed by atoms with Gasteiger partial charge in [-0.15, -0.1) is 0 Å². The van der Waals surface area contributed by atoms with Crippen molar-refractivity contribution in [2.24, 2.45) is 0 Å². The van der Waals surface area contributed by atoms with Gasteiger partial charge in [-0.05, 0) is 31.4 Å². The van der Waals surface area contributed by atoms with Crippen LogP contribution in [0, 0.1) is 0 Å². The van der Waals surface area contributed by atoms with Crippen LogP contribution in [0.3, 0.4) is 0 Å². The second kappa shape index (κ2) is 6.50. The fourth-order valence-corrected chi connectivity index (χ4v) is 2.97. The zero-order chi connectivity index (χ0) is 16.4. The van der Waals surface area contributed by atoms with E-state index in [-0.39, 0.29) is 17.2 Å². The molecule has 0 aromatic heterocycles. The Balaban J connectivity index is 1.67. The van der Waals surface area contributed by atoms with Gasteiger partial charge in [-0.1, -0.05) is 37.0 Å². The van der Waals surface area contributed by atoms with Gasteiger partial charge in [-0.2, -0.15) is 0 Å². The quantitative estimate of drug-likeness (QED) is 0.780. The average Bonchev–Trinajstić information content (AvgIpc) is 3.16. The Labute approximate surface area is 134 Å². The maximum absolute atomic E-state index is 12.3. The van der Waals surface area contributed by atoms with Gasteiger partial charge in [0.1, 0.15) is 0 Å². The van der Waals surface area contributed by atoms with Crippen LogP contribution in [0.25, 0.3) is 0 Å². The van der Waals surface area contributed by atoms with Crippen LogP contribution in [0.5, 0.6) is 0 Å². The molecule has 2 amide bonds. The number of imide groups is 1. The first-order valence-corrected chi connectivity index (χ1v) is 7.97. The lowest BCUT2D eigenvalue weighted by Crippen LogP contribution is -2.38. The molecule has 1 heterocycles. The molecule has 2 aliphatic rings. The van der Waals surface area contributed by atoms with E-state index in [9.17, 15) is 14.4 Å². The smallest absolute Gasteiger partial charge is 0.361 e. The topological polar surface area (TPSA) is 72.9 Å². The lowest BCUT2D eigenvalue weighted by atomic mass is 10.1. The van der Waals surface area contributed by atoms with Crippen molar-refractivity contribution < 1.29 is 24.0 Å². The Morgan fingerprint density at radius 1 is 1.17 bits per heavy atom. The van der Waals surface area contributed by atoms with E-state index >= 15 is 0 Å². The Morgan fingerprint density at radius 2 is 1.74 bits per heavy atom. The molecular formula is C17H19NO5. The molecule has 6 nitrogen and oxygen atoms in total. The largest absolute Gasteiger partial charge is 0.363 e. The average molecular weight is 317 g/mol. The molecule has 1 aliphatic heterocycles. The summed E-state index contributed by atoms with van der Waals surface area (Å²) in [7, 11) is 0. The first-order chi connectivity index (χ1) is 11.1. The van der Waals surface area contributed by atoms with Crippen LogP contribution >= 0.6 is 0 Å². The van der Waals surface area contributed by atoms with E-state index in [1.807, 2.05) is 6.92 Å². The molecule has 6 heteroatoms. The number of hydroxylamine groups is 2. The maximum Gasteiger partial charge on any atom is 0.361 e. The van der Waals surface area contributed by atoms with E-state index in [4.69, 9.17) is 9.57 Å². The third kappa shape index (κ3) is 2.99. The standard InChI is InChI=1S/C17H19NO5/c1-2-14(22-11-7-3-4-8-11)17(21)23-18-15(19)12-9-5-6-10-13(12)16(18)20/h5-6,9-11,14H,2-4,7-8H2,1H3. The van der Waals surface area contributed by atoms with Gasteiger partial charge in [0.2, 0.25) is 0 Å². The molecule has 1 unspecified atom stereocenters. The first kappa shape index (κ1) is 15.7. The fourth-order valence-electron chi connectivity index (χ4n) is 2.97. The summed E-state index contributed by atoms with van der Waals surface area (Å²) in [6.45, 7) is 1.81. The second-order valence-electron chi connectivity index (χ2n) is 5.80. The van der Waals surface area contributed by atoms with Gasteiger partial charge >= 0.3 is 5.97 Å². The number of ether oxygens (including phenoxy) is 1. The number of carbonyl (C=O) groups excluding carboxylic acids is 3. The second-order valence-corrected chi connectivity index (χ2v) is 5.80. The summed E-state index contributed by atoms with van der Waals surface area (Å²) in [6, 6.07) is 6.40. The van der Waals surface area contributed by atoms with Crippen molar-refractivity contribution >= 4 is 17.8 Å². The highest BCUT2D eigenvalue weighted by atomic mass is 16.7.